The first-order valence-corrected chi connectivity index (χ1v) is 6.14. The number of halogens is 2. The predicted octanol–water partition coefficient (Wildman–Crippen LogP) is 2.91. The van der Waals surface area contributed by atoms with Crippen molar-refractivity contribution in [2.24, 2.45) is 0 Å². The molecule has 0 fully saturated rings. The third-order valence-electron chi connectivity index (χ3n) is 2.15. The zero-order chi connectivity index (χ0) is 12.8. The fourth-order valence-electron chi connectivity index (χ4n) is 1.29. The highest BCUT2D eigenvalue weighted by molar-refractivity contribution is 9.09. The van der Waals surface area contributed by atoms with Crippen LogP contribution in [0.15, 0.2) is 42.5 Å². The summed E-state index contributed by atoms with van der Waals surface area (Å²) >= 11 is 3.26. The van der Waals surface area contributed by atoms with E-state index in [9.17, 15) is 9.18 Å². The zero-order valence-electron chi connectivity index (χ0n) is 9.47. The zero-order valence-corrected chi connectivity index (χ0v) is 11.1. The molecule has 0 aromatic heterocycles. The fourth-order valence-corrected chi connectivity index (χ4v) is 1.45. The molecule has 0 saturated carbocycles. The van der Waals surface area contributed by atoms with Crippen molar-refractivity contribution in [2.45, 2.75) is 0 Å². The molecule has 0 unspecified atom stereocenters. The molecule has 2 nitrogen and oxygen atoms in total. The first-order valence-electron chi connectivity index (χ1n) is 5.02. The first-order chi connectivity index (χ1) is 8.08. The lowest BCUT2D eigenvalue weighted by Gasteiger charge is -2.07. The number of carbonyl (C=O) groups excluding carboxylic acids is 1. The van der Waals surface area contributed by atoms with Crippen LogP contribution in [0.3, 0.4) is 0 Å². The predicted molar refractivity (Wildman–Crippen MR) is 71.4 cm³/mol. The third-order valence-corrected chi connectivity index (χ3v) is 2.87. The number of nitrogens with one attached hydrogen (secondary N) is 1. The van der Waals surface area contributed by atoms with Crippen LogP contribution in [0.25, 0.3) is 5.57 Å². The molecule has 1 amide bonds. The molecule has 0 aliphatic carbocycles. The minimum atomic E-state index is -0.329. The van der Waals surface area contributed by atoms with E-state index in [0.29, 0.717) is 16.5 Å². The molecule has 0 aliphatic rings. The quantitative estimate of drug-likeness (QED) is 0.517. The van der Waals surface area contributed by atoms with E-state index in [1.165, 1.54) is 12.1 Å². The Morgan fingerprint density at radius 3 is 2.53 bits per heavy atom. The number of benzene rings is 1. The third kappa shape index (κ3) is 3.82. The number of hydrogen-bond donors (Lipinski definition) is 1. The molecular formula is C13H13BrFNO. The highest BCUT2D eigenvalue weighted by Gasteiger charge is 2.10. The summed E-state index contributed by atoms with van der Waals surface area (Å²) in [6.45, 7) is 3.80. The van der Waals surface area contributed by atoms with E-state index < -0.39 is 0 Å². The van der Waals surface area contributed by atoms with Gasteiger partial charge in [-0.1, -0.05) is 34.6 Å². The fraction of sp³-hybridized carbons (Fsp3) is 0.154. The Morgan fingerprint density at radius 1 is 1.47 bits per heavy atom. The van der Waals surface area contributed by atoms with Crippen LogP contribution in [0.4, 0.5) is 4.39 Å². The molecule has 17 heavy (non-hydrogen) atoms. The molecule has 4 heteroatoms. The number of hydrogen-bond acceptors (Lipinski definition) is 1. The van der Waals surface area contributed by atoms with Crippen molar-refractivity contribution >= 4 is 27.4 Å². The molecule has 90 valence electrons. The topological polar surface area (TPSA) is 29.1 Å². The van der Waals surface area contributed by atoms with Gasteiger partial charge in [0.05, 0.1) is 0 Å². The second kappa shape index (κ2) is 6.35. The Kier molecular flexibility index (Phi) is 5.10. The normalized spacial score (nSPS) is 11.1. The number of alkyl halides is 1. The van der Waals surface area contributed by atoms with E-state index in [4.69, 9.17) is 0 Å². The van der Waals surface area contributed by atoms with Gasteiger partial charge in [0.25, 0.3) is 5.91 Å². The van der Waals surface area contributed by atoms with Gasteiger partial charge in [-0.25, -0.2) is 4.39 Å². The second-order valence-corrected chi connectivity index (χ2v) is 4.00. The molecule has 0 bridgehead atoms. The first kappa shape index (κ1) is 13.6. The van der Waals surface area contributed by atoms with E-state index in [2.05, 4.69) is 27.8 Å². The van der Waals surface area contributed by atoms with Crippen LogP contribution in [-0.4, -0.2) is 18.3 Å². The smallest absolute Gasteiger partial charge is 0.251 e. The molecular weight excluding hydrogens is 285 g/mol. The van der Waals surface area contributed by atoms with Gasteiger partial charge in [-0.3, -0.25) is 4.79 Å². The summed E-state index contributed by atoms with van der Waals surface area (Å²) < 4.78 is 12.8. The van der Waals surface area contributed by atoms with E-state index in [-0.39, 0.29) is 11.7 Å². The van der Waals surface area contributed by atoms with Gasteiger partial charge < -0.3 is 5.32 Å². The molecule has 0 heterocycles. The number of amides is 1. The highest BCUT2D eigenvalue weighted by atomic mass is 79.9. The van der Waals surface area contributed by atoms with Crippen molar-refractivity contribution in [2.75, 3.05) is 12.4 Å². The Labute approximate surface area is 108 Å². The summed E-state index contributed by atoms with van der Waals surface area (Å²) in [6.07, 6.45) is 1.68. The molecule has 0 radical (unpaired) electrons. The van der Waals surface area contributed by atoms with Gasteiger partial charge in [-0.15, -0.1) is 0 Å². The number of allylic oxidation sites excluding steroid dienone is 2. The van der Waals surface area contributed by atoms with Gasteiger partial charge in [0.2, 0.25) is 0 Å². The van der Waals surface area contributed by atoms with Crippen LogP contribution in [0, 0.1) is 5.82 Å². The van der Waals surface area contributed by atoms with Crippen molar-refractivity contribution in [3.8, 4) is 0 Å². The average Bonchev–Trinajstić information content (AvgIpc) is 2.36. The monoisotopic (exact) mass is 297 g/mol. The molecule has 1 aromatic rings. The molecule has 0 aliphatic heterocycles. The van der Waals surface area contributed by atoms with Gasteiger partial charge in [0.1, 0.15) is 5.82 Å². The summed E-state index contributed by atoms with van der Waals surface area (Å²) in [6, 6.07) is 5.78. The molecule has 1 N–H and O–H groups in total. The van der Waals surface area contributed by atoms with Crippen LogP contribution in [-0.2, 0) is 4.79 Å². The van der Waals surface area contributed by atoms with Crippen LogP contribution < -0.4 is 5.32 Å². The summed E-state index contributed by atoms with van der Waals surface area (Å²) in [5.74, 6) is -0.553. The summed E-state index contributed by atoms with van der Waals surface area (Å²) in [7, 11) is 1.55. The Morgan fingerprint density at radius 2 is 2.06 bits per heavy atom. The minimum absolute atomic E-state index is 0.223. The van der Waals surface area contributed by atoms with Crippen molar-refractivity contribution < 1.29 is 9.18 Å². The van der Waals surface area contributed by atoms with E-state index >= 15 is 0 Å². The largest absolute Gasteiger partial charge is 0.355 e. The van der Waals surface area contributed by atoms with Crippen LogP contribution in [0.1, 0.15) is 5.56 Å². The molecule has 1 aromatic carbocycles. The molecule has 0 atom stereocenters. The Hall–Kier alpha value is -1.42. The maximum absolute atomic E-state index is 12.8. The van der Waals surface area contributed by atoms with Gasteiger partial charge in [-0.05, 0) is 29.3 Å². The van der Waals surface area contributed by atoms with E-state index in [1.807, 2.05) is 0 Å². The lowest BCUT2D eigenvalue weighted by atomic mass is 10.0. The maximum Gasteiger partial charge on any atom is 0.251 e. The van der Waals surface area contributed by atoms with Crippen LogP contribution in [0.5, 0.6) is 0 Å². The van der Waals surface area contributed by atoms with Crippen LogP contribution >= 0.6 is 15.9 Å². The number of rotatable bonds is 4. The van der Waals surface area contributed by atoms with Crippen molar-refractivity contribution in [1.29, 1.82) is 0 Å². The van der Waals surface area contributed by atoms with E-state index in [0.717, 1.165) is 5.57 Å². The molecule has 1 rings (SSSR count). The van der Waals surface area contributed by atoms with Crippen LogP contribution in [0.2, 0.25) is 0 Å². The second-order valence-electron chi connectivity index (χ2n) is 3.44. The molecule has 0 saturated heterocycles. The molecule has 0 spiro atoms. The van der Waals surface area contributed by atoms with E-state index in [1.54, 1.807) is 25.3 Å². The number of carbonyl (C=O) groups is 1. The van der Waals surface area contributed by atoms with Crippen molar-refractivity contribution in [3.63, 3.8) is 0 Å². The summed E-state index contributed by atoms with van der Waals surface area (Å²) in [5.41, 5.74) is 1.90. The minimum Gasteiger partial charge on any atom is -0.355 e. The number of likely N-dealkylation sites (N-methyl/N-ethyl adjacent to an activating group) is 1. The Bertz CT molecular complexity index is 451. The summed E-state index contributed by atoms with van der Waals surface area (Å²) in [4.78, 5) is 11.7. The highest BCUT2D eigenvalue weighted by Crippen LogP contribution is 2.17. The van der Waals surface area contributed by atoms with Gasteiger partial charge in [0.15, 0.2) is 0 Å². The SMILES string of the molecule is C=C(/C=C(\C(=O)NC)c1ccc(F)cc1)CBr. The van der Waals surface area contributed by atoms with Gasteiger partial charge in [0, 0.05) is 18.0 Å². The van der Waals surface area contributed by atoms with Crippen molar-refractivity contribution in [3.05, 3.63) is 53.9 Å². The average molecular weight is 298 g/mol. The maximum atomic E-state index is 12.8. The lowest BCUT2D eigenvalue weighted by Crippen LogP contribution is -2.19. The summed E-state index contributed by atoms with van der Waals surface area (Å²) in [5, 5.41) is 3.13. The lowest BCUT2D eigenvalue weighted by molar-refractivity contribution is -0.115. The van der Waals surface area contributed by atoms with Crippen molar-refractivity contribution in [1.82, 2.24) is 5.32 Å². The van der Waals surface area contributed by atoms with Gasteiger partial charge in [-0.2, -0.15) is 0 Å². The standard InChI is InChI=1S/C13H13BrFNO/c1-9(8-14)7-12(13(17)16-2)10-3-5-11(15)6-4-10/h3-7H,1,8H2,2H3,(H,16,17)/b12-7-. The Balaban J connectivity index is 3.15. The van der Waals surface area contributed by atoms with Gasteiger partial charge >= 0.3 is 0 Å².